The van der Waals surface area contributed by atoms with E-state index in [0.717, 1.165) is 10.8 Å². The molecule has 0 aliphatic carbocycles. The van der Waals surface area contributed by atoms with Gasteiger partial charge in [-0.1, -0.05) is 11.6 Å². The highest BCUT2D eigenvalue weighted by molar-refractivity contribution is 6.34. The largest absolute Gasteiger partial charge is 0.481 e. The molecule has 3 nitrogen and oxygen atoms in total. The van der Waals surface area contributed by atoms with Crippen molar-refractivity contribution in [2.24, 2.45) is 0 Å². The number of halogens is 1. The van der Waals surface area contributed by atoms with Crippen LogP contribution in [0.1, 0.15) is 0 Å². The van der Waals surface area contributed by atoms with Crippen LogP contribution in [0.4, 0.5) is 0 Å². The fourth-order valence-corrected chi connectivity index (χ4v) is 1.34. The first kappa shape index (κ1) is 8.26. The Kier molecular flexibility index (Phi) is 2.02. The Morgan fingerprint density at radius 1 is 1.38 bits per heavy atom. The van der Waals surface area contributed by atoms with Crippen LogP contribution in [-0.4, -0.2) is 17.1 Å². The number of ether oxygens (including phenoxy) is 1. The van der Waals surface area contributed by atoms with Crippen molar-refractivity contribution in [2.75, 3.05) is 7.11 Å². The van der Waals surface area contributed by atoms with Crippen molar-refractivity contribution in [3.05, 3.63) is 29.7 Å². The number of aromatic nitrogens is 2. The minimum Gasteiger partial charge on any atom is -0.481 e. The second kappa shape index (κ2) is 3.18. The van der Waals surface area contributed by atoms with E-state index in [9.17, 15) is 0 Å². The minimum atomic E-state index is 0.465. The molecule has 0 unspecified atom stereocenters. The molecular formula is C9H7ClN2O. The van der Waals surface area contributed by atoms with Gasteiger partial charge in [-0.15, -0.1) is 0 Å². The average Bonchev–Trinajstić information content (AvgIpc) is 2.18. The first-order valence-electron chi connectivity index (χ1n) is 3.75. The Labute approximate surface area is 80.3 Å². The Bertz CT molecular complexity index is 445. The molecule has 0 radical (unpaired) electrons. The van der Waals surface area contributed by atoms with Crippen molar-refractivity contribution in [1.82, 2.24) is 9.97 Å². The highest BCUT2D eigenvalue weighted by atomic mass is 35.5. The highest BCUT2D eigenvalue weighted by Gasteiger charge is 2.01. The first-order chi connectivity index (χ1) is 6.31. The highest BCUT2D eigenvalue weighted by Crippen LogP contribution is 2.22. The van der Waals surface area contributed by atoms with Crippen LogP contribution in [0.3, 0.4) is 0 Å². The van der Waals surface area contributed by atoms with E-state index >= 15 is 0 Å². The maximum atomic E-state index is 5.86. The van der Waals surface area contributed by atoms with Crippen molar-refractivity contribution in [3.8, 4) is 5.88 Å². The van der Waals surface area contributed by atoms with E-state index in [1.54, 1.807) is 19.5 Å². The predicted molar refractivity (Wildman–Crippen MR) is 51.1 cm³/mol. The lowest BCUT2D eigenvalue weighted by atomic mass is 10.2. The fraction of sp³-hybridized carbons (Fsp3) is 0.111. The number of pyridine rings is 2. The maximum Gasteiger partial charge on any atom is 0.213 e. The van der Waals surface area contributed by atoms with Gasteiger partial charge in [-0.3, -0.25) is 0 Å². The van der Waals surface area contributed by atoms with Crippen molar-refractivity contribution in [2.45, 2.75) is 0 Å². The van der Waals surface area contributed by atoms with Gasteiger partial charge in [0.2, 0.25) is 5.88 Å². The van der Waals surface area contributed by atoms with Crippen LogP contribution in [0.5, 0.6) is 5.88 Å². The summed E-state index contributed by atoms with van der Waals surface area (Å²) in [4.78, 5) is 7.99. The van der Waals surface area contributed by atoms with E-state index in [1.807, 2.05) is 12.1 Å². The van der Waals surface area contributed by atoms with Crippen molar-refractivity contribution in [3.63, 3.8) is 0 Å². The van der Waals surface area contributed by atoms with Crippen LogP contribution in [0.25, 0.3) is 10.8 Å². The zero-order valence-electron chi connectivity index (χ0n) is 6.99. The summed E-state index contributed by atoms with van der Waals surface area (Å²) in [5, 5.41) is 2.28. The van der Waals surface area contributed by atoms with Gasteiger partial charge in [0, 0.05) is 23.8 Å². The standard InChI is InChI=1S/C9H7ClN2O/c1-13-8-4-6-2-3-11-9(10)7(6)5-12-8/h2-5H,1H3. The van der Waals surface area contributed by atoms with Gasteiger partial charge < -0.3 is 4.74 Å². The molecule has 2 aromatic rings. The van der Waals surface area contributed by atoms with Crippen LogP contribution >= 0.6 is 11.6 Å². The van der Waals surface area contributed by atoms with Gasteiger partial charge in [0.25, 0.3) is 0 Å². The van der Waals surface area contributed by atoms with Gasteiger partial charge in [-0.25, -0.2) is 9.97 Å². The summed E-state index contributed by atoms with van der Waals surface area (Å²) < 4.78 is 4.99. The maximum absolute atomic E-state index is 5.86. The average molecular weight is 195 g/mol. The molecule has 0 aliphatic heterocycles. The van der Waals surface area contributed by atoms with E-state index in [0.29, 0.717) is 11.0 Å². The van der Waals surface area contributed by atoms with E-state index < -0.39 is 0 Å². The van der Waals surface area contributed by atoms with Crippen LogP contribution in [0.2, 0.25) is 5.15 Å². The van der Waals surface area contributed by atoms with Crippen LogP contribution < -0.4 is 4.74 Å². The number of hydrogen-bond acceptors (Lipinski definition) is 3. The summed E-state index contributed by atoms with van der Waals surface area (Å²) in [5.74, 6) is 0.578. The molecule has 2 rings (SSSR count). The summed E-state index contributed by atoms with van der Waals surface area (Å²) in [6.45, 7) is 0. The van der Waals surface area contributed by atoms with E-state index in [2.05, 4.69) is 9.97 Å². The third-order valence-electron chi connectivity index (χ3n) is 1.78. The SMILES string of the molecule is COc1cc2ccnc(Cl)c2cn1. The van der Waals surface area contributed by atoms with Crippen molar-refractivity contribution >= 4 is 22.4 Å². The van der Waals surface area contributed by atoms with E-state index in [1.165, 1.54) is 0 Å². The van der Waals surface area contributed by atoms with E-state index in [4.69, 9.17) is 16.3 Å². The quantitative estimate of drug-likeness (QED) is 0.654. The van der Waals surface area contributed by atoms with Gasteiger partial charge in [0.05, 0.1) is 7.11 Å². The van der Waals surface area contributed by atoms with Gasteiger partial charge >= 0.3 is 0 Å². The molecule has 0 bridgehead atoms. The second-order valence-electron chi connectivity index (χ2n) is 2.55. The summed E-state index contributed by atoms with van der Waals surface area (Å²) >= 11 is 5.86. The zero-order valence-corrected chi connectivity index (χ0v) is 7.75. The molecule has 0 saturated carbocycles. The predicted octanol–water partition coefficient (Wildman–Crippen LogP) is 2.29. The molecule has 13 heavy (non-hydrogen) atoms. The number of fused-ring (bicyclic) bond motifs is 1. The number of methoxy groups -OCH3 is 1. The molecule has 0 N–H and O–H groups in total. The van der Waals surface area contributed by atoms with Crippen molar-refractivity contribution in [1.29, 1.82) is 0 Å². The number of nitrogens with zero attached hydrogens (tertiary/aromatic N) is 2. The number of hydrogen-bond donors (Lipinski definition) is 0. The molecule has 4 heteroatoms. The fourth-order valence-electron chi connectivity index (χ4n) is 1.13. The molecule has 0 amide bonds. The normalized spacial score (nSPS) is 10.3. The summed E-state index contributed by atoms with van der Waals surface area (Å²) in [6, 6.07) is 3.69. The monoisotopic (exact) mass is 194 g/mol. The van der Waals surface area contributed by atoms with Crippen LogP contribution in [0, 0.1) is 0 Å². The van der Waals surface area contributed by atoms with Crippen molar-refractivity contribution < 1.29 is 4.74 Å². The summed E-state index contributed by atoms with van der Waals surface area (Å²) in [7, 11) is 1.58. The van der Waals surface area contributed by atoms with Gasteiger partial charge in [-0.2, -0.15) is 0 Å². The molecule has 0 saturated heterocycles. The van der Waals surface area contributed by atoms with Crippen LogP contribution in [-0.2, 0) is 0 Å². The molecule has 2 heterocycles. The topological polar surface area (TPSA) is 35.0 Å². The third-order valence-corrected chi connectivity index (χ3v) is 2.09. The van der Waals surface area contributed by atoms with Gasteiger partial charge in [0.1, 0.15) is 5.15 Å². The third kappa shape index (κ3) is 1.42. The molecular weight excluding hydrogens is 188 g/mol. The second-order valence-corrected chi connectivity index (χ2v) is 2.91. The van der Waals surface area contributed by atoms with Gasteiger partial charge in [-0.05, 0) is 11.5 Å². The molecule has 0 aromatic carbocycles. The smallest absolute Gasteiger partial charge is 0.213 e. The molecule has 0 aliphatic rings. The summed E-state index contributed by atoms with van der Waals surface area (Å²) in [6.07, 6.45) is 3.31. The van der Waals surface area contributed by atoms with Crippen LogP contribution in [0.15, 0.2) is 24.5 Å². The molecule has 0 fully saturated rings. The Hall–Kier alpha value is -1.35. The minimum absolute atomic E-state index is 0.465. The lowest BCUT2D eigenvalue weighted by Crippen LogP contribution is -1.87. The van der Waals surface area contributed by atoms with Gasteiger partial charge in [0.15, 0.2) is 0 Å². The molecule has 0 atom stereocenters. The molecule has 66 valence electrons. The number of rotatable bonds is 1. The lowest BCUT2D eigenvalue weighted by molar-refractivity contribution is 0.399. The Morgan fingerprint density at radius 3 is 3.00 bits per heavy atom. The van der Waals surface area contributed by atoms with E-state index in [-0.39, 0.29) is 0 Å². The summed E-state index contributed by atoms with van der Waals surface area (Å²) in [5.41, 5.74) is 0. The lowest BCUT2D eigenvalue weighted by Gasteiger charge is -2.01. The zero-order chi connectivity index (χ0) is 9.26. The Morgan fingerprint density at radius 2 is 2.23 bits per heavy atom. The Balaban J connectivity index is 2.72. The first-order valence-corrected chi connectivity index (χ1v) is 4.13. The molecule has 2 aromatic heterocycles. The molecule has 0 spiro atoms.